The topological polar surface area (TPSA) is 58.6 Å². The fourth-order valence-corrected chi connectivity index (χ4v) is 5.22. The van der Waals surface area contributed by atoms with Crippen LogP contribution in [0.15, 0.2) is 41.8 Å². The van der Waals surface area contributed by atoms with Gasteiger partial charge in [0.1, 0.15) is 5.75 Å². The molecular weight excluding hydrogens is 372 g/mol. The lowest BCUT2D eigenvalue weighted by Gasteiger charge is -2.25. The van der Waals surface area contributed by atoms with Gasteiger partial charge in [0.25, 0.3) is 0 Å². The molecule has 1 aliphatic heterocycles. The first-order chi connectivity index (χ1) is 13.7. The lowest BCUT2D eigenvalue weighted by atomic mass is 9.95. The zero-order valence-electron chi connectivity index (χ0n) is 16.1. The zero-order chi connectivity index (χ0) is 19.5. The van der Waals surface area contributed by atoms with Crippen molar-refractivity contribution in [1.82, 2.24) is 5.32 Å². The third-order valence-electron chi connectivity index (χ3n) is 5.90. The summed E-state index contributed by atoms with van der Waals surface area (Å²) in [6.07, 6.45) is 5.04. The maximum atomic E-state index is 13.0. The number of hydrogen-bond donors (Lipinski definition) is 1. The Bertz CT molecular complexity index is 813. The minimum absolute atomic E-state index is 0.00106. The number of anilines is 1. The van der Waals surface area contributed by atoms with Crippen LogP contribution in [0.4, 0.5) is 5.69 Å². The molecule has 2 heterocycles. The zero-order valence-corrected chi connectivity index (χ0v) is 16.9. The molecule has 2 amide bonds. The van der Waals surface area contributed by atoms with Crippen LogP contribution in [0.25, 0.3) is 0 Å². The molecule has 6 heteroatoms. The highest BCUT2D eigenvalue weighted by atomic mass is 32.1. The molecule has 1 saturated heterocycles. The average Bonchev–Trinajstić information content (AvgIpc) is 3.48. The van der Waals surface area contributed by atoms with E-state index in [-0.39, 0.29) is 30.2 Å². The highest BCUT2D eigenvalue weighted by Gasteiger charge is 2.37. The fraction of sp³-hybridized carbons (Fsp3) is 0.455. The molecule has 2 aliphatic rings. The number of carbonyl (C=O) groups excluding carboxylic acids is 2. The largest absolute Gasteiger partial charge is 0.497 e. The molecule has 5 nitrogen and oxygen atoms in total. The van der Waals surface area contributed by atoms with Crippen molar-refractivity contribution < 1.29 is 14.3 Å². The van der Waals surface area contributed by atoms with Crippen LogP contribution in [0.1, 0.15) is 43.0 Å². The van der Waals surface area contributed by atoms with Crippen LogP contribution in [-0.4, -0.2) is 25.5 Å². The van der Waals surface area contributed by atoms with Crippen LogP contribution in [0.2, 0.25) is 0 Å². The maximum Gasteiger partial charge on any atom is 0.227 e. The first-order valence-corrected chi connectivity index (χ1v) is 10.8. The van der Waals surface area contributed by atoms with E-state index in [9.17, 15) is 9.59 Å². The number of hydrogen-bond acceptors (Lipinski definition) is 4. The number of carbonyl (C=O) groups is 2. The number of rotatable bonds is 6. The quantitative estimate of drug-likeness (QED) is 0.795. The van der Waals surface area contributed by atoms with E-state index in [0.29, 0.717) is 12.5 Å². The molecule has 1 aromatic heterocycles. The summed E-state index contributed by atoms with van der Waals surface area (Å²) >= 11 is 1.70. The van der Waals surface area contributed by atoms with Gasteiger partial charge in [0.05, 0.1) is 19.1 Å². The Morgan fingerprint density at radius 2 is 1.96 bits per heavy atom. The summed E-state index contributed by atoms with van der Waals surface area (Å²) in [7, 11) is 1.62. The maximum absolute atomic E-state index is 13.0. The van der Waals surface area contributed by atoms with Gasteiger partial charge in [-0.05, 0) is 54.5 Å². The summed E-state index contributed by atoms with van der Waals surface area (Å²) in [6.45, 7) is 0.429. The van der Waals surface area contributed by atoms with E-state index in [0.717, 1.165) is 24.3 Å². The van der Waals surface area contributed by atoms with Gasteiger partial charge in [0.15, 0.2) is 0 Å². The van der Waals surface area contributed by atoms with Crippen LogP contribution >= 0.6 is 11.3 Å². The Balaban J connectivity index is 1.44. The Labute approximate surface area is 169 Å². The van der Waals surface area contributed by atoms with Crippen molar-refractivity contribution in [3.8, 4) is 5.75 Å². The molecule has 0 spiro atoms. The van der Waals surface area contributed by atoms with E-state index in [4.69, 9.17) is 4.74 Å². The van der Waals surface area contributed by atoms with Gasteiger partial charge in [0.2, 0.25) is 11.8 Å². The van der Waals surface area contributed by atoms with Gasteiger partial charge in [-0.3, -0.25) is 9.59 Å². The summed E-state index contributed by atoms with van der Waals surface area (Å²) in [4.78, 5) is 28.5. The van der Waals surface area contributed by atoms with Crippen LogP contribution in [0.5, 0.6) is 5.75 Å². The number of nitrogens with one attached hydrogen (secondary N) is 1. The van der Waals surface area contributed by atoms with E-state index < -0.39 is 0 Å². The first-order valence-electron chi connectivity index (χ1n) is 9.94. The second kappa shape index (κ2) is 8.35. The van der Waals surface area contributed by atoms with E-state index in [2.05, 4.69) is 16.8 Å². The molecule has 1 saturated carbocycles. The number of nitrogens with zero attached hydrogens (tertiary/aromatic N) is 1. The van der Waals surface area contributed by atoms with Crippen molar-refractivity contribution in [3.05, 3.63) is 46.7 Å². The highest BCUT2D eigenvalue weighted by molar-refractivity contribution is 7.10. The SMILES string of the molecule is COc1ccc(N2C[C@@H](C(=O)N[C@H](c3cccs3)C3CCCC3)CC2=O)cc1. The van der Waals surface area contributed by atoms with E-state index in [1.54, 1.807) is 23.3 Å². The first kappa shape index (κ1) is 19.0. The molecule has 1 aliphatic carbocycles. The summed E-state index contributed by atoms with van der Waals surface area (Å²) in [5.41, 5.74) is 0.812. The lowest BCUT2D eigenvalue weighted by Crippen LogP contribution is -2.37. The molecule has 2 fully saturated rings. The third-order valence-corrected chi connectivity index (χ3v) is 6.85. The monoisotopic (exact) mass is 398 g/mol. The van der Waals surface area contributed by atoms with Gasteiger partial charge >= 0.3 is 0 Å². The van der Waals surface area contributed by atoms with Crippen molar-refractivity contribution in [3.63, 3.8) is 0 Å². The summed E-state index contributed by atoms with van der Waals surface area (Å²) in [5.74, 6) is 0.935. The molecule has 1 aromatic carbocycles. The van der Waals surface area contributed by atoms with Gasteiger partial charge < -0.3 is 15.0 Å². The molecule has 0 radical (unpaired) electrons. The summed E-state index contributed by atoms with van der Waals surface area (Å²) in [5, 5.41) is 5.35. The number of methoxy groups -OCH3 is 1. The molecular formula is C22H26N2O3S. The predicted molar refractivity (Wildman–Crippen MR) is 111 cm³/mol. The minimum Gasteiger partial charge on any atom is -0.497 e. The van der Waals surface area contributed by atoms with Crippen molar-refractivity contribution in [2.24, 2.45) is 11.8 Å². The Morgan fingerprint density at radius 1 is 1.21 bits per heavy atom. The van der Waals surface area contributed by atoms with Gasteiger partial charge in [-0.2, -0.15) is 0 Å². The molecule has 2 atom stereocenters. The van der Waals surface area contributed by atoms with Gasteiger partial charge in [-0.15, -0.1) is 11.3 Å². The number of ether oxygens (including phenoxy) is 1. The Morgan fingerprint density at radius 3 is 2.61 bits per heavy atom. The summed E-state index contributed by atoms with van der Waals surface area (Å²) in [6, 6.07) is 11.6. The molecule has 148 valence electrons. The third kappa shape index (κ3) is 3.92. The standard InChI is InChI=1S/C22H26N2O3S/c1-27-18-10-8-17(9-11-18)24-14-16(13-20(24)25)22(26)23-21(15-5-2-3-6-15)19-7-4-12-28-19/h4,7-12,15-16,21H,2-3,5-6,13-14H2,1H3,(H,23,26)/t16-,21-/m0/s1. The van der Waals surface area contributed by atoms with Gasteiger partial charge in [-0.1, -0.05) is 18.9 Å². The van der Waals surface area contributed by atoms with E-state index in [1.807, 2.05) is 30.3 Å². The summed E-state index contributed by atoms with van der Waals surface area (Å²) < 4.78 is 5.18. The number of thiophene rings is 1. The number of amides is 2. The molecule has 1 N–H and O–H groups in total. The van der Waals surface area contributed by atoms with Gasteiger partial charge in [0, 0.05) is 23.5 Å². The van der Waals surface area contributed by atoms with Crippen molar-refractivity contribution >= 4 is 28.8 Å². The van der Waals surface area contributed by atoms with Crippen molar-refractivity contribution in [1.29, 1.82) is 0 Å². The Hall–Kier alpha value is -2.34. The van der Waals surface area contributed by atoms with Crippen LogP contribution in [0.3, 0.4) is 0 Å². The van der Waals surface area contributed by atoms with Crippen LogP contribution in [0, 0.1) is 11.8 Å². The second-order valence-corrected chi connectivity index (χ2v) is 8.63. The second-order valence-electron chi connectivity index (χ2n) is 7.65. The van der Waals surface area contributed by atoms with E-state index in [1.165, 1.54) is 17.7 Å². The van der Waals surface area contributed by atoms with Crippen molar-refractivity contribution in [2.45, 2.75) is 38.1 Å². The van der Waals surface area contributed by atoms with Crippen LogP contribution < -0.4 is 15.0 Å². The molecule has 2 aromatic rings. The average molecular weight is 399 g/mol. The van der Waals surface area contributed by atoms with E-state index >= 15 is 0 Å². The predicted octanol–water partition coefficient (Wildman–Crippen LogP) is 4.16. The molecule has 0 unspecified atom stereocenters. The minimum atomic E-state index is -0.307. The lowest BCUT2D eigenvalue weighted by molar-refractivity contribution is -0.127. The molecule has 28 heavy (non-hydrogen) atoms. The normalized spacial score (nSPS) is 21.1. The number of benzene rings is 1. The Kier molecular flexibility index (Phi) is 5.67. The highest BCUT2D eigenvalue weighted by Crippen LogP contribution is 2.38. The van der Waals surface area contributed by atoms with Gasteiger partial charge in [-0.25, -0.2) is 0 Å². The molecule has 4 rings (SSSR count). The fourth-order valence-electron chi connectivity index (χ4n) is 4.35. The molecule has 0 bridgehead atoms. The van der Waals surface area contributed by atoms with Crippen LogP contribution in [-0.2, 0) is 9.59 Å². The van der Waals surface area contributed by atoms with Crippen molar-refractivity contribution in [2.75, 3.05) is 18.6 Å². The smallest absolute Gasteiger partial charge is 0.227 e.